The van der Waals surface area contributed by atoms with Crippen molar-refractivity contribution in [3.05, 3.63) is 65.7 Å². The largest absolute Gasteiger partial charge is 0.390 e. The number of aliphatic hydroxyl groups is 1. The summed E-state index contributed by atoms with van der Waals surface area (Å²) < 4.78 is 52.6. The molecule has 2 atom stereocenters. The number of benzene rings is 2. The lowest BCUT2D eigenvalue weighted by Crippen LogP contribution is -2.46. The van der Waals surface area contributed by atoms with Gasteiger partial charge in [0.2, 0.25) is 10.0 Å². The monoisotopic (exact) mass is 463 g/mol. The summed E-state index contributed by atoms with van der Waals surface area (Å²) in [4.78, 5) is 0.125. The molecule has 168 valence electrons. The fourth-order valence-electron chi connectivity index (χ4n) is 4.71. The molecule has 2 aromatic rings. The van der Waals surface area contributed by atoms with Crippen LogP contribution in [0.1, 0.15) is 49.1 Å². The molecule has 1 N–H and O–H groups in total. The lowest BCUT2D eigenvalue weighted by molar-refractivity contribution is 0.125. The molecule has 2 fully saturated rings. The molecule has 0 amide bonds. The van der Waals surface area contributed by atoms with Gasteiger partial charge in [-0.05, 0) is 42.0 Å². The third-order valence-corrected chi connectivity index (χ3v) is 9.99. The van der Waals surface area contributed by atoms with Crippen molar-refractivity contribution in [2.75, 3.05) is 11.5 Å². The molecule has 1 aliphatic carbocycles. The second-order valence-corrected chi connectivity index (χ2v) is 12.7. The van der Waals surface area contributed by atoms with Crippen molar-refractivity contribution in [1.29, 1.82) is 0 Å². The molecule has 0 aromatic heterocycles. The Balaban J connectivity index is 1.66. The first-order chi connectivity index (χ1) is 14.8. The van der Waals surface area contributed by atoms with Crippen LogP contribution in [0, 0.1) is 0 Å². The molecule has 1 heterocycles. The maximum atomic E-state index is 13.6. The Kier molecular flexibility index (Phi) is 6.53. The highest BCUT2D eigenvalue weighted by Crippen LogP contribution is 2.34. The van der Waals surface area contributed by atoms with Crippen LogP contribution in [0.5, 0.6) is 0 Å². The van der Waals surface area contributed by atoms with Crippen LogP contribution in [0.4, 0.5) is 0 Å². The summed E-state index contributed by atoms with van der Waals surface area (Å²) in [5.74, 6) is -0.327. The minimum atomic E-state index is -4.00. The van der Waals surface area contributed by atoms with Gasteiger partial charge in [-0.15, -0.1) is 0 Å². The lowest BCUT2D eigenvalue weighted by Gasteiger charge is -2.29. The number of nitrogens with zero attached hydrogens (tertiary/aromatic N) is 1. The molecule has 1 aliphatic heterocycles. The van der Waals surface area contributed by atoms with Gasteiger partial charge in [-0.25, -0.2) is 16.8 Å². The van der Waals surface area contributed by atoms with E-state index in [4.69, 9.17) is 0 Å². The summed E-state index contributed by atoms with van der Waals surface area (Å²) in [6, 6.07) is 15.0. The van der Waals surface area contributed by atoms with E-state index in [0.717, 1.165) is 28.3 Å². The normalized spacial score (nSPS) is 24.5. The van der Waals surface area contributed by atoms with Crippen LogP contribution in [-0.4, -0.2) is 49.9 Å². The van der Waals surface area contributed by atoms with Crippen molar-refractivity contribution >= 4 is 19.9 Å². The fraction of sp³-hybridized carbons (Fsp3) is 0.478. The number of aliphatic hydroxyl groups excluding tert-OH is 1. The smallest absolute Gasteiger partial charge is 0.243 e. The molecule has 0 unspecified atom stereocenters. The predicted octanol–water partition coefficient (Wildman–Crippen LogP) is 3.08. The topological polar surface area (TPSA) is 91.8 Å². The van der Waals surface area contributed by atoms with E-state index in [1.807, 2.05) is 18.2 Å². The van der Waals surface area contributed by atoms with Crippen molar-refractivity contribution in [3.63, 3.8) is 0 Å². The van der Waals surface area contributed by atoms with Gasteiger partial charge in [-0.3, -0.25) is 0 Å². The molecule has 1 saturated heterocycles. The van der Waals surface area contributed by atoms with E-state index in [-0.39, 0.29) is 17.2 Å². The van der Waals surface area contributed by atoms with Crippen molar-refractivity contribution in [2.24, 2.45) is 0 Å². The molecule has 0 radical (unpaired) electrons. The molecular formula is C23H29NO5S2. The van der Waals surface area contributed by atoms with Crippen molar-refractivity contribution in [1.82, 2.24) is 4.31 Å². The zero-order chi connectivity index (χ0) is 22.1. The zero-order valence-corrected chi connectivity index (χ0v) is 19.1. The highest BCUT2D eigenvalue weighted by atomic mass is 32.2. The fourth-order valence-corrected chi connectivity index (χ4v) is 8.25. The summed E-state index contributed by atoms with van der Waals surface area (Å²) in [5, 5.41) is 10.4. The Morgan fingerprint density at radius 3 is 2.13 bits per heavy atom. The quantitative estimate of drug-likeness (QED) is 0.711. The Bertz CT molecular complexity index is 1090. The summed E-state index contributed by atoms with van der Waals surface area (Å²) in [6.45, 7) is 0.00476. The van der Waals surface area contributed by atoms with E-state index in [2.05, 4.69) is 0 Å². The van der Waals surface area contributed by atoms with Gasteiger partial charge >= 0.3 is 0 Å². The van der Waals surface area contributed by atoms with Gasteiger partial charge in [0, 0.05) is 6.54 Å². The number of sulfone groups is 1. The third-order valence-electron chi connectivity index (χ3n) is 6.41. The Morgan fingerprint density at radius 1 is 0.903 bits per heavy atom. The number of rotatable bonds is 6. The van der Waals surface area contributed by atoms with Crippen LogP contribution < -0.4 is 0 Å². The van der Waals surface area contributed by atoms with Crippen molar-refractivity contribution in [3.8, 4) is 0 Å². The minimum Gasteiger partial charge on any atom is -0.390 e. The van der Waals surface area contributed by atoms with Gasteiger partial charge < -0.3 is 5.11 Å². The first kappa shape index (κ1) is 22.5. The molecule has 0 bridgehead atoms. The standard InChI is InChI=1S/C23H29NO5S2/c25-23-17-30(26,27)16-22(23)24(15-18-7-3-1-4-8-18)31(28,29)21-13-11-20(12-14-21)19-9-5-2-6-10-19/h1,3-4,7-8,11-14,19,22-23,25H,2,5-6,9-10,15-17H2/t22-,23+/m1/s1. The molecule has 0 spiro atoms. The van der Waals surface area contributed by atoms with Crippen LogP contribution in [0.15, 0.2) is 59.5 Å². The van der Waals surface area contributed by atoms with Gasteiger partial charge in [-0.2, -0.15) is 4.31 Å². The molecule has 2 aromatic carbocycles. The number of sulfonamides is 1. The molecule has 2 aliphatic rings. The van der Waals surface area contributed by atoms with E-state index in [0.29, 0.717) is 5.92 Å². The Labute approximate surface area is 184 Å². The highest BCUT2D eigenvalue weighted by Gasteiger charge is 2.44. The first-order valence-electron chi connectivity index (χ1n) is 10.8. The third kappa shape index (κ3) is 5.03. The van der Waals surface area contributed by atoms with E-state index in [1.54, 1.807) is 36.4 Å². The summed E-state index contributed by atoms with van der Waals surface area (Å²) in [6.07, 6.45) is 4.65. The second kappa shape index (κ2) is 9.02. The highest BCUT2D eigenvalue weighted by molar-refractivity contribution is 7.92. The van der Waals surface area contributed by atoms with Crippen LogP contribution in [0.3, 0.4) is 0 Å². The van der Waals surface area contributed by atoms with Crippen LogP contribution in [-0.2, 0) is 26.4 Å². The molecule has 4 rings (SSSR count). The van der Waals surface area contributed by atoms with E-state index < -0.39 is 37.8 Å². The SMILES string of the molecule is O=S1(=O)C[C@@H](N(Cc2ccccc2)S(=O)(=O)c2ccc(C3CCCCC3)cc2)[C@@H](O)C1. The summed E-state index contributed by atoms with van der Waals surface area (Å²) in [7, 11) is -7.51. The van der Waals surface area contributed by atoms with E-state index in [1.165, 1.54) is 19.3 Å². The van der Waals surface area contributed by atoms with Crippen LogP contribution in [0.2, 0.25) is 0 Å². The molecule has 1 saturated carbocycles. The van der Waals surface area contributed by atoms with Gasteiger partial charge in [0.05, 0.1) is 28.5 Å². The lowest BCUT2D eigenvalue weighted by atomic mass is 9.84. The Hall–Kier alpha value is -1.74. The summed E-state index contributed by atoms with van der Waals surface area (Å²) in [5.41, 5.74) is 1.89. The van der Waals surface area contributed by atoms with Crippen molar-refractivity contribution < 1.29 is 21.9 Å². The predicted molar refractivity (Wildman–Crippen MR) is 120 cm³/mol. The second-order valence-electron chi connectivity index (χ2n) is 8.65. The van der Waals surface area contributed by atoms with Gasteiger partial charge in [0.15, 0.2) is 9.84 Å². The maximum Gasteiger partial charge on any atom is 0.243 e. The van der Waals surface area contributed by atoms with Crippen LogP contribution >= 0.6 is 0 Å². The van der Waals surface area contributed by atoms with Crippen molar-refractivity contribution in [2.45, 2.75) is 61.6 Å². The van der Waals surface area contributed by atoms with E-state index in [9.17, 15) is 21.9 Å². The minimum absolute atomic E-state index is 0.00476. The molecule has 6 nitrogen and oxygen atoms in total. The average Bonchev–Trinajstić information content (AvgIpc) is 3.05. The van der Waals surface area contributed by atoms with Crippen LogP contribution in [0.25, 0.3) is 0 Å². The van der Waals surface area contributed by atoms with E-state index >= 15 is 0 Å². The summed E-state index contributed by atoms with van der Waals surface area (Å²) >= 11 is 0. The maximum absolute atomic E-state index is 13.6. The molecule has 31 heavy (non-hydrogen) atoms. The molecule has 8 heteroatoms. The molecular weight excluding hydrogens is 434 g/mol. The number of hydrogen-bond donors (Lipinski definition) is 1. The van der Waals surface area contributed by atoms with Gasteiger partial charge in [-0.1, -0.05) is 61.7 Å². The first-order valence-corrected chi connectivity index (χ1v) is 14.1. The number of hydrogen-bond acceptors (Lipinski definition) is 5. The Morgan fingerprint density at radius 2 is 1.55 bits per heavy atom. The average molecular weight is 464 g/mol. The van der Waals surface area contributed by atoms with Gasteiger partial charge in [0.1, 0.15) is 0 Å². The zero-order valence-electron chi connectivity index (χ0n) is 17.4. The van der Waals surface area contributed by atoms with Gasteiger partial charge in [0.25, 0.3) is 0 Å².